The molecule has 2 atom stereocenters. The first-order valence-electron chi connectivity index (χ1n) is 7.03. The zero-order valence-electron chi connectivity index (χ0n) is 11.2. The first-order chi connectivity index (χ1) is 9.61. The number of fused-ring (bicyclic) bond motifs is 2. The quantitative estimate of drug-likeness (QED) is 0.688. The molecule has 3 rings (SSSR count). The van der Waals surface area contributed by atoms with Crippen LogP contribution in [0.3, 0.4) is 0 Å². The van der Waals surface area contributed by atoms with Gasteiger partial charge in [0.05, 0.1) is 4.92 Å². The fraction of sp³-hybridized carbons (Fsp3) is 0.571. The lowest BCUT2D eigenvalue weighted by Gasteiger charge is -2.23. The Bertz CT molecular complexity index is 523. The molecule has 2 fully saturated rings. The van der Waals surface area contributed by atoms with Gasteiger partial charge in [0.15, 0.2) is 0 Å². The first kappa shape index (κ1) is 13.8. The van der Waals surface area contributed by atoms with Crippen molar-refractivity contribution in [3.63, 3.8) is 0 Å². The van der Waals surface area contributed by atoms with Crippen LogP contribution >= 0.6 is 11.6 Å². The highest BCUT2D eigenvalue weighted by molar-refractivity contribution is 6.30. The molecular weight excluding hydrogens is 278 g/mol. The highest BCUT2D eigenvalue weighted by Gasteiger charge is 2.30. The molecule has 1 aromatic carbocycles. The molecule has 108 valence electrons. The second kappa shape index (κ2) is 5.68. The third-order valence-electron chi connectivity index (χ3n) is 4.24. The van der Waals surface area contributed by atoms with E-state index in [4.69, 9.17) is 11.6 Å². The van der Waals surface area contributed by atoms with Gasteiger partial charge in [0.1, 0.15) is 0 Å². The van der Waals surface area contributed by atoms with E-state index in [9.17, 15) is 10.1 Å². The molecule has 1 aromatic rings. The zero-order chi connectivity index (χ0) is 14.1. The van der Waals surface area contributed by atoms with E-state index in [1.165, 1.54) is 18.9 Å². The second-order valence-electron chi connectivity index (χ2n) is 5.69. The Kier molecular flexibility index (Phi) is 3.92. The van der Waals surface area contributed by atoms with E-state index in [1.807, 2.05) is 0 Å². The molecule has 6 heteroatoms. The normalized spacial score (nSPS) is 26.4. The van der Waals surface area contributed by atoms with Crippen LogP contribution in [0.5, 0.6) is 0 Å². The minimum absolute atomic E-state index is 0.164. The van der Waals surface area contributed by atoms with Crippen LogP contribution in [-0.2, 0) is 6.54 Å². The largest absolute Gasteiger partial charge is 0.310 e. The average molecular weight is 296 g/mol. The number of benzene rings is 1. The van der Waals surface area contributed by atoms with E-state index in [0.29, 0.717) is 29.2 Å². The van der Waals surface area contributed by atoms with Crippen molar-refractivity contribution in [2.24, 2.45) is 0 Å². The van der Waals surface area contributed by atoms with Gasteiger partial charge < -0.3 is 5.32 Å². The number of hydrogen-bond acceptors (Lipinski definition) is 4. The molecule has 0 aromatic heterocycles. The van der Waals surface area contributed by atoms with Crippen LogP contribution in [0.15, 0.2) is 18.2 Å². The van der Waals surface area contributed by atoms with Gasteiger partial charge in [-0.3, -0.25) is 15.0 Å². The highest BCUT2D eigenvalue weighted by atomic mass is 35.5. The number of likely N-dealkylation sites (tertiary alicyclic amines) is 1. The summed E-state index contributed by atoms with van der Waals surface area (Å²) in [7, 11) is 0. The number of nitro groups is 1. The Labute approximate surface area is 123 Å². The fourth-order valence-electron chi connectivity index (χ4n) is 3.26. The molecule has 2 saturated heterocycles. The third kappa shape index (κ3) is 2.95. The maximum Gasteiger partial charge on any atom is 0.273 e. The smallest absolute Gasteiger partial charge is 0.273 e. The predicted octanol–water partition coefficient (Wildman–Crippen LogP) is 2.57. The second-order valence-corrected chi connectivity index (χ2v) is 6.13. The number of nitro benzene ring substituents is 1. The van der Waals surface area contributed by atoms with Crippen LogP contribution in [0.25, 0.3) is 0 Å². The summed E-state index contributed by atoms with van der Waals surface area (Å²) in [6.07, 6.45) is 3.58. The van der Waals surface area contributed by atoms with Crippen molar-refractivity contribution < 1.29 is 4.92 Å². The molecule has 0 amide bonds. The van der Waals surface area contributed by atoms with Crippen molar-refractivity contribution in [1.29, 1.82) is 0 Å². The van der Waals surface area contributed by atoms with E-state index in [-0.39, 0.29) is 10.6 Å². The van der Waals surface area contributed by atoms with Gasteiger partial charge >= 0.3 is 0 Å². The Hall–Kier alpha value is -1.17. The number of hydrogen-bond donors (Lipinski definition) is 1. The van der Waals surface area contributed by atoms with Gasteiger partial charge in [-0.25, -0.2) is 0 Å². The Morgan fingerprint density at radius 1 is 1.35 bits per heavy atom. The van der Waals surface area contributed by atoms with E-state index >= 15 is 0 Å². The van der Waals surface area contributed by atoms with Gasteiger partial charge in [-0.1, -0.05) is 11.6 Å². The van der Waals surface area contributed by atoms with Crippen LogP contribution in [-0.4, -0.2) is 35.0 Å². The lowest BCUT2D eigenvalue weighted by molar-refractivity contribution is -0.385. The van der Waals surface area contributed by atoms with Crippen molar-refractivity contribution in [3.05, 3.63) is 38.9 Å². The number of halogens is 1. The minimum atomic E-state index is -0.326. The van der Waals surface area contributed by atoms with Gasteiger partial charge in [0, 0.05) is 48.4 Å². The van der Waals surface area contributed by atoms with Crippen molar-refractivity contribution in [2.45, 2.75) is 37.9 Å². The highest BCUT2D eigenvalue weighted by Crippen LogP contribution is 2.26. The third-order valence-corrected chi connectivity index (χ3v) is 4.47. The summed E-state index contributed by atoms with van der Waals surface area (Å²) in [6, 6.07) is 5.95. The summed E-state index contributed by atoms with van der Waals surface area (Å²) in [5, 5.41) is 15.3. The van der Waals surface area contributed by atoms with E-state index in [1.54, 1.807) is 12.1 Å². The first-order valence-corrected chi connectivity index (χ1v) is 7.41. The lowest BCUT2D eigenvalue weighted by atomic mass is 10.1. The van der Waals surface area contributed by atoms with Crippen LogP contribution in [0.1, 0.15) is 24.8 Å². The maximum atomic E-state index is 11.1. The summed E-state index contributed by atoms with van der Waals surface area (Å²) in [4.78, 5) is 13.1. The van der Waals surface area contributed by atoms with Gasteiger partial charge in [-0.2, -0.15) is 0 Å². The molecule has 2 unspecified atom stereocenters. The van der Waals surface area contributed by atoms with Crippen molar-refractivity contribution in [1.82, 2.24) is 10.2 Å². The van der Waals surface area contributed by atoms with Gasteiger partial charge in [0.2, 0.25) is 0 Å². The molecule has 5 nitrogen and oxygen atoms in total. The van der Waals surface area contributed by atoms with E-state index < -0.39 is 0 Å². The molecule has 2 aliphatic heterocycles. The molecule has 0 aliphatic carbocycles. The zero-order valence-corrected chi connectivity index (χ0v) is 12.0. The Morgan fingerprint density at radius 3 is 2.95 bits per heavy atom. The van der Waals surface area contributed by atoms with Crippen LogP contribution in [0, 0.1) is 10.1 Å². The number of rotatable bonds is 3. The van der Waals surface area contributed by atoms with Crippen molar-refractivity contribution in [3.8, 4) is 0 Å². The number of nitrogens with one attached hydrogen (secondary N) is 1. The summed E-state index contributed by atoms with van der Waals surface area (Å²) < 4.78 is 0. The van der Waals surface area contributed by atoms with E-state index in [2.05, 4.69) is 10.2 Å². The lowest BCUT2D eigenvalue weighted by Crippen LogP contribution is -2.35. The summed E-state index contributed by atoms with van der Waals surface area (Å²) in [6.45, 7) is 2.54. The predicted molar refractivity (Wildman–Crippen MR) is 77.9 cm³/mol. The van der Waals surface area contributed by atoms with Crippen molar-refractivity contribution >= 4 is 17.3 Å². The minimum Gasteiger partial charge on any atom is -0.310 e. The summed E-state index contributed by atoms with van der Waals surface area (Å²) in [5.41, 5.74) is 0.872. The Morgan fingerprint density at radius 2 is 2.15 bits per heavy atom. The topological polar surface area (TPSA) is 58.4 Å². The summed E-state index contributed by atoms with van der Waals surface area (Å²) >= 11 is 5.98. The SMILES string of the molecule is O=[N+]([O-])c1ccc(Cl)cc1CN1CCC2CCC(C1)N2. The van der Waals surface area contributed by atoms with Crippen LogP contribution in [0.4, 0.5) is 5.69 Å². The maximum absolute atomic E-state index is 11.1. The molecule has 2 heterocycles. The molecule has 0 saturated carbocycles. The molecular formula is C14H18ClN3O2. The van der Waals surface area contributed by atoms with Gasteiger partial charge in [0.25, 0.3) is 5.69 Å². The average Bonchev–Trinajstić information content (AvgIpc) is 2.72. The Balaban J connectivity index is 1.77. The molecule has 0 spiro atoms. The molecule has 20 heavy (non-hydrogen) atoms. The molecule has 2 aliphatic rings. The standard InChI is InChI=1S/C14H18ClN3O2/c15-11-1-4-14(18(19)20)10(7-11)8-17-6-5-12-2-3-13(9-17)16-12/h1,4,7,12-13,16H,2-3,5-6,8-9H2. The molecule has 2 bridgehead atoms. The van der Waals surface area contributed by atoms with Crippen molar-refractivity contribution in [2.75, 3.05) is 13.1 Å². The van der Waals surface area contributed by atoms with Crippen LogP contribution < -0.4 is 5.32 Å². The van der Waals surface area contributed by atoms with Crippen LogP contribution in [0.2, 0.25) is 5.02 Å². The number of nitrogens with zero attached hydrogens (tertiary/aromatic N) is 2. The fourth-order valence-corrected chi connectivity index (χ4v) is 3.45. The monoisotopic (exact) mass is 295 g/mol. The van der Waals surface area contributed by atoms with Gasteiger partial charge in [-0.05, 0) is 31.4 Å². The molecule has 1 N–H and O–H groups in total. The van der Waals surface area contributed by atoms with E-state index in [0.717, 1.165) is 19.5 Å². The molecule has 0 radical (unpaired) electrons. The van der Waals surface area contributed by atoms with Gasteiger partial charge in [-0.15, -0.1) is 0 Å². The summed E-state index contributed by atoms with van der Waals surface area (Å²) in [5.74, 6) is 0.